The van der Waals surface area contributed by atoms with E-state index >= 15 is 0 Å². The molecule has 1 unspecified atom stereocenters. The first kappa shape index (κ1) is 18.9. The maximum Gasteiger partial charge on any atom is 0.312 e. The fourth-order valence-corrected chi connectivity index (χ4v) is 2.50. The van der Waals surface area contributed by atoms with Gasteiger partial charge in [0.25, 0.3) is 0 Å². The molecule has 0 saturated heterocycles. The van der Waals surface area contributed by atoms with E-state index in [1.54, 1.807) is 0 Å². The number of carbonyl (C=O) groups excluding carboxylic acids is 1. The molecule has 1 atom stereocenters. The summed E-state index contributed by atoms with van der Waals surface area (Å²) in [5.74, 6) is -0.747. The van der Waals surface area contributed by atoms with Crippen LogP contribution >= 0.6 is 0 Å². The number of hydrogen-bond donors (Lipinski definition) is 1. The molecule has 0 radical (unpaired) electrons. The van der Waals surface area contributed by atoms with Gasteiger partial charge in [0, 0.05) is 0 Å². The molecule has 0 heterocycles. The van der Waals surface area contributed by atoms with Gasteiger partial charge in [0.15, 0.2) is 0 Å². The third kappa shape index (κ3) is 6.92. The van der Waals surface area contributed by atoms with Crippen LogP contribution < -0.4 is 0 Å². The van der Waals surface area contributed by atoms with Crippen LogP contribution in [0.25, 0.3) is 0 Å². The second-order valence-corrected chi connectivity index (χ2v) is 6.54. The summed E-state index contributed by atoms with van der Waals surface area (Å²) in [5, 5.41) is 9.18. The average Bonchev–Trinajstić information content (AvgIpc) is 2.31. The molecule has 0 fully saturated rings. The predicted molar refractivity (Wildman–Crippen MR) is 79.5 cm³/mol. The summed E-state index contributed by atoms with van der Waals surface area (Å²) in [6, 6.07) is 0. The third-order valence-electron chi connectivity index (χ3n) is 3.28. The monoisotopic (exact) mass is 286 g/mol. The smallest absolute Gasteiger partial charge is 0.312 e. The molecular formula is C16H30O4. The number of carbonyl (C=O) groups is 2. The molecule has 0 amide bonds. The fourth-order valence-electron chi connectivity index (χ4n) is 2.50. The molecule has 0 bridgehead atoms. The number of unbranched alkanes of at least 4 members (excludes halogenated alkanes) is 1. The Hall–Kier alpha value is -1.06. The summed E-state index contributed by atoms with van der Waals surface area (Å²) in [4.78, 5) is 23.7. The van der Waals surface area contributed by atoms with Crippen LogP contribution in [0.15, 0.2) is 0 Å². The molecule has 0 saturated carbocycles. The molecule has 4 heteroatoms. The summed E-state index contributed by atoms with van der Waals surface area (Å²) in [7, 11) is 0. The number of rotatable bonds is 10. The zero-order chi connectivity index (χ0) is 15.8. The first-order valence-corrected chi connectivity index (χ1v) is 7.62. The van der Waals surface area contributed by atoms with Crippen molar-refractivity contribution in [3.63, 3.8) is 0 Å². The Morgan fingerprint density at radius 1 is 1.15 bits per heavy atom. The molecule has 118 valence electrons. The van der Waals surface area contributed by atoms with Gasteiger partial charge in [-0.05, 0) is 24.7 Å². The normalized spacial score (nSPS) is 14.3. The molecule has 0 aliphatic heterocycles. The van der Waals surface area contributed by atoms with Gasteiger partial charge in [-0.15, -0.1) is 0 Å². The Morgan fingerprint density at radius 2 is 1.75 bits per heavy atom. The summed E-state index contributed by atoms with van der Waals surface area (Å²) in [6.07, 6.45) is 2.80. The van der Waals surface area contributed by atoms with E-state index < -0.39 is 11.4 Å². The lowest BCUT2D eigenvalue weighted by molar-refractivity contribution is -0.164. The van der Waals surface area contributed by atoms with Crippen molar-refractivity contribution in [3.05, 3.63) is 0 Å². The summed E-state index contributed by atoms with van der Waals surface area (Å²) < 4.78 is 5.37. The Kier molecular flexibility index (Phi) is 8.51. The van der Waals surface area contributed by atoms with E-state index in [1.807, 2.05) is 34.6 Å². The minimum Gasteiger partial charge on any atom is -0.481 e. The van der Waals surface area contributed by atoms with Gasteiger partial charge in [0.1, 0.15) is 0 Å². The van der Waals surface area contributed by atoms with E-state index in [0.717, 1.165) is 12.8 Å². The third-order valence-corrected chi connectivity index (χ3v) is 3.28. The second-order valence-electron chi connectivity index (χ2n) is 6.54. The van der Waals surface area contributed by atoms with Gasteiger partial charge in [-0.3, -0.25) is 9.59 Å². The van der Waals surface area contributed by atoms with Gasteiger partial charge in [-0.1, -0.05) is 47.5 Å². The summed E-state index contributed by atoms with van der Waals surface area (Å²) >= 11 is 0. The quantitative estimate of drug-likeness (QED) is 0.619. The van der Waals surface area contributed by atoms with Gasteiger partial charge < -0.3 is 9.84 Å². The largest absolute Gasteiger partial charge is 0.481 e. The SMILES string of the molecule is CCCCC(CC(=O)O)(CC(C)C)C(=O)OCC(C)C. The highest BCUT2D eigenvalue weighted by Gasteiger charge is 2.42. The van der Waals surface area contributed by atoms with Crippen LogP contribution in [-0.4, -0.2) is 23.7 Å². The maximum absolute atomic E-state index is 12.5. The Morgan fingerprint density at radius 3 is 2.15 bits per heavy atom. The van der Waals surface area contributed by atoms with Gasteiger partial charge in [0.05, 0.1) is 18.4 Å². The minimum atomic E-state index is -0.928. The van der Waals surface area contributed by atoms with Gasteiger partial charge in [-0.25, -0.2) is 0 Å². The average molecular weight is 286 g/mol. The number of ether oxygens (including phenoxy) is 1. The Labute approximate surface area is 122 Å². The number of aliphatic carboxylic acids is 1. The summed E-state index contributed by atoms with van der Waals surface area (Å²) in [5.41, 5.74) is -0.870. The molecule has 0 rings (SSSR count). The van der Waals surface area contributed by atoms with Crippen molar-refractivity contribution in [3.8, 4) is 0 Å². The van der Waals surface area contributed by atoms with E-state index in [1.165, 1.54) is 0 Å². The standard InChI is InChI=1S/C16H30O4/c1-6-7-8-16(9-12(2)3,10-14(17)18)15(19)20-11-13(4)5/h12-13H,6-11H2,1-5H3,(H,17,18). The second kappa shape index (κ2) is 8.98. The van der Waals surface area contributed by atoms with E-state index in [0.29, 0.717) is 19.4 Å². The number of esters is 1. The molecule has 0 aromatic rings. The maximum atomic E-state index is 12.5. The molecule has 0 aromatic heterocycles. The van der Waals surface area contributed by atoms with Crippen molar-refractivity contribution in [2.75, 3.05) is 6.61 Å². The van der Waals surface area contributed by atoms with E-state index in [-0.39, 0.29) is 24.2 Å². The van der Waals surface area contributed by atoms with Crippen LogP contribution in [0, 0.1) is 17.3 Å². The molecule has 0 aromatic carbocycles. The van der Waals surface area contributed by atoms with Crippen molar-refractivity contribution in [1.82, 2.24) is 0 Å². The summed E-state index contributed by atoms with van der Waals surface area (Å²) in [6.45, 7) is 10.4. The molecular weight excluding hydrogens is 256 g/mol. The van der Waals surface area contributed by atoms with E-state index in [4.69, 9.17) is 4.74 Å². The van der Waals surface area contributed by atoms with Crippen molar-refractivity contribution < 1.29 is 19.4 Å². The van der Waals surface area contributed by atoms with Crippen molar-refractivity contribution in [2.45, 2.75) is 66.7 Å². The van der Waals surface area contributed by atoms with Crippen LogP contribution in [0.3, 0.4) is 0 Å². The van der Waals surface area contributed by atoms with Crippen LogP contribution in [0.5, 0.6) is 0 Å². The highest BCUT2D eigenvalue weighted by Crippen LogP contribution is 2.37. The first-order valence-electron chi connectivity index (χ1n) is 7.62. The lowest BCUT2D eigenvalue weighted by Gasteiger charge is -2.32. The lowest BCUT2D eigenvalue weighted by Crippen LogP contribution is -2.37. The number of carboxylic acids is 1. The predicted octanol–water partition coefficient (Wildman–Crippen LogP) is 3.88. The Bertz CT molecular complexity index is 310. The molecule has 0 spiro atoms. The van der Waals surface area contributed by atoms with Gasteiger partial charge in [-0.2, -0.15) is 0 Å². The van der Waals surface area contributed by atoms with E-state index in [9.17, 15) is 14.7 Å². The van der Waals surface area contributed by atoms with Crippen molar-refractivity contribution in [2.24, 2.45) is 17.3 Å². The van der Waals surface area contributed by atoms with Crippen molar-refractivity contribution >= 4 is 11.9 Å². The zero-order valence-corrected chi connectivity index (χ0v) is 13.6. The topological polar surface area (TPSA) is 63.6 Å². The van der Waals surface area contributed by atoms with Gasteiger partial charge >= 0.3 is 11.9 Å². The highest BCUT2D eigenvalue weighted by molar-refractivity contribution is 5.82. The molecule has 0 aliphatic rings. The van der Waals surface area contributed by atoms with Crippen LogP contribution in [0.4, 0.5) is 0 Å². The Balaban J connectivity index is 5.11. The van der Waals surface area contributed by atoms with Crippen LogP contribution in [0.2, 0.25) is 0 Å². The molecule has 1 N–H and O–H groups in total. The van der Waals surface area contributed by atoms with Crippen molar-refractivity contribution in [1.29, 1.82) is 0 Å². The van der Waals surface area contributed by atoms with Gasteiger partial charge in [0.2, 0.25) is 0 Å². The number of hydrogen-bond acceptors (Lipinski definition) is 3. The lowest BCUT2D eigenvalue weighted by atomic mass is 9.73. The molecule has 20 heavy (non-hydrogen) atoms. The first-order chi connectivity index (χ1) is 9.23. The zero-order valence-electron chi connectivity index (χ0n) is 13.6. The van der Waals surface area contributed by atoms with E-state index in [2.05, 4.69) is 0 Å². The highest BCUT2D eigenvalue weighted by atomic mass is 16.5. The van der Waals surface area contributed by atoms with Crippen LogP contribution in [0.1, 0.15) is 66.7 Å². The molecule has 4 nitrogen and oxygen atoms in total. The minimum absolute atomic E-state index is 0.137. The number of carboxylic acid groups (broad SMARTS) is 1. The fraction of sp³-hybridized carbons (Fsp3) is 0.875. The van der Waals surface area contributed by atoms with Crippen LogP contribution in [-0.2, 0) is 14.3 Å². The molecule has 0 aliphatic carbocycles.